The van der Waals surface area contributed by atoms with Gasteiger partial charge in [-0.1, -0.05) is 18.2 Å². The van der Waals surface area contributed by atoms with Gasteiger partial charge in [-0.2, -0.15) is 0 Å². The van der Waals surface area contributed by atoms with Crippen molar-refractivity contribution in [2.24, 2.45) is 0 Å². The monoisotopic (exact) mass is 333 g/mol. The van der Waals surface area contributed by atoms with Gasteiger partial charge in [0.05, 0.1) is 11.0 Å². The van der Waals surface area contributed by atoms with E-state index in [0.29, 0.717) is 16.9 Å². The molecule has 4 aromatic rings. The molecular weight excluding hydrogens is 318 g/mol. The summed E-state index contributed by atoms with van der Waals surface area (Å²) in [5, 5.41) is 18.9. The number of pyridine rings is 1. The van der Waals surface area contributed by atoms with Crippen molar-refractivity contribution in [1.82, 2.24) is 14.5 Å². The molecule has 0 bridgehead atoms. The highest BCUT2D eigenvalue weighted by Crippen LogP contribution is 2.26. The second kappa shape index (κ2) is 6.01. The zero-order valence-electron chi connectivity index (χ0n) is 13.1. The molecular formula is C19H15N3O3. The lowest BCUT2D eigenvalue weighted by atomic mass is 10.2. The average Bonchev–Trinajstić information content (AvgIpc) is 3.06. The minimum absolute atomic E-state index is 0.0967. The summed E-state index contributed by atoms with van der Waals surface area (Å²) in [7, 11) is 0. The van der Waals surface area contributed by atoms with Gasteiger partial charge in [0.1, 0.15) is 5.82 Å². The highest BCUT2D eigenvalue weighted by molar-refractivity contribution is 5.82. The number of para-hydroxylation sites is 1. The highest BCUT2D eigenvalue weighted by Gasteiger charge is 2.13. The van der Waals surface area contributed by atoms with Crippen molar-refractivity contribution >= 4 is 11.0 Å². The molecule has 0 atom stereocenters. The summed E-state index contributed by atoms with van der Waals surface area (Å²) in [6.07, 6.45) is 0.139. The molecule has 0 spiro atoms. The van der Waals surface area contributed by atoms with Crippen LogP contribution in [0.5, 0.6) is 0 Å². The van der Waals surface area contributed by atoms with E-state index in [2.05, 4.69) is 9.97 Å². The molecule has 25 heavy (non-hydrogen) atoms. The third-order valence-corrected chi connectivity index (χ3v) is 4.06. The molecule has 0 saturated heterocycles. The van der Waals surface area contributed by atoms with Crippen LogP contribution >= 0.6 is 0 Å². The van der Waals surface area contributed by atoms with Gasteiger partial charge in [0.25, 0.3) is 5.56 Å². The quantitative estimate of drug-likeness (QED) is 0.502. The van der Waals surface area contributed by atoms with E-state index in [1.165, 1.54) is 6.07 Å². The van der Waals surface area contributed by atoms with Crippen molar-refractivity contribution in [2.75, 3.05) is 0 Å². The summed E-state index contributed by atoms with van der Waals surface area (Å²) in [5.41, 5.74) is 3.10. The molecule has 0 aliphatic heterocycles. The Morgan fingerprint density at radius 3 is 2.48 bits per heavy atom. The predicted octanol–water partition coefficient (Wildman–Crippen LogP) is 2.36. The molecule has 0 radical (unpaired) electrons. The third kappa shape index (κ3) is 2.73. The van der Waals surface area contributed by atoms with Crippen molar-refractivity contribution in [2.45, 2.75) is 6.29 Å². The van der Waals surface area contributed by atoms with E-state index in [9.17, 15) is 15.0 Å². The molecule has 2 aromatic carbocycles. The van der Waals surface area contributed by atoms with E-state index in [1.54, 1.807) is 35.0 Å². The number of fused-ring (bicyclic) bond motifs is 1. The number of aliphatic hydroxyl groups excluding tert-OH is 1. The topological polar surface area (TPSA) is 91.1 Å². The van der Waals surface area contributed by atoms with Crippen molar-refractivity contribution in [3.63, 3.8) is 0 Å². The van der Waals surface area contributed by atoms with Crippen molar-refractivity contribution in [3.05, 3.63) is 82.8 Å². The van der Waals surface area contributed by atoms with E-state index >= 15 is 0 Å². The SMILES string of the molecule is O=c1ccccn1-c1ccc(-c2nc3c(C(O)O)cccc3[nH]2)cc1. The van der Waals surface area contributed by atoms with Gasteiger partial charge in [0.15, 0.2) is 6.29 Å². The number of imidazole rings is 1. The normalized spacial score (nSPS) is 11.3. The number of nitrogens with zero attached hydrogens (tertiary/aromatic N) is 2. The Bertz CT molecular complexity index is 1090. The van der Waals surface area contributed by atoms with E-state index < -0.39 is 6.29 Å². The van der Waals surface area contributed by atoms with Crippen molar-refractivity contribution in [3.8, 4) is 17.1 Å². The molecule has 4 rings (SSSR count). The molecule has 0 saturated carbocycles. The molecule has 124 valence electrons. The summed E-state index contributed by atoms with van der Waals surface area (Å²) in [6.45, 7) is 0. The average molecular weight is 333 g/mol. The zero-order valence-corrected chi connectivity index (χ0v) is 13.1. The molecule has 2 heterocycles. The molecule has 2 aromatic heterocycles. The lowest BCUT2D eigenvalue weighted by Crippen LogP contribution is -2.15. The Balaban J connectivity index is 1.76. The number of aromatic nitrogens is 3. The number of hydrogen-bond acceptors (Lipinski definition) is 4. The van der Waals surface area contributed by atoms with Crippen molar-refractivity contribution in [1.29, 1.82) is 0 Å². The molecule has 0 aliphatic carbocycles. The Kier molecular flexibility index (Phi) is 3.68. The van der Waals surface area contributed by atoms with Crippen LogP contribution in [0.1, 0.15) is 11.9 Å². The Morgan fingerprint density at radius 2 is 1.76 bits per heavy atom. The van der Waals surface area contributed by atoms with E-state index in [1.807, 2.05) is 30.3 Å². The minimum atomic E-state index is -1.58. The van der Waals surface area contributed by atoms with Crippen LogP contribution in [-0.4, -0.2) is 24.7 Å². The smallest absolute Gasteiger partial charge is 0.255 e. The summed E-state index contributed by atoms with van der Waals surface area (Å²) in [4.78, 5) is 19.5. The standard InChI is InChI=1S/C19H15N3O3/c23-16-6-1-2-11-22(16)13-9-7-12(8-10-13)18-20-15-5-3-4-14(19(24)25)17(15)21-18/h1-11,19,24-25H,(H,20,21). The van der Waals surface area contributed by atoms with Gasteiger partial charge in [-0.15, -0.1) is 0 Å². The maximum Gasteiger partial charge on any atom is 0.255 e. The van der Waals surface area contributed by atoms with E-state index in [-0.39, 0.29) is 5.56 Å². The van der Waals surface area contributed by atoms with Gasteiger partial charge in [-0.3, -0.25) is 9.36 Å². The van der Waals surface area contributed by atoms with Crippen LogP contribution in [0.3, 0.4) is 0 Å². The van der Waals surface area contributed by atoms with Crippen LogP contribution in [-0.2, 0) is 0 Å². The zero-order chi connectivity index (χ0) is 17.4. The summed E-state index contributed by atoms with van der Waals surface area (Å²) in [5.74, 6) is 0.620. The second-order valence-corrected chi connectivity index (χ2v) is 5.66. The summed E-state index contributed by atoms with van der Waals surface area (Å²) < 4.78 is 1.56. The molecule has 6 heteroatoms. The van der Waals surface area contributed by atoms with E-state index in [4.69, 9.17) is 0 Å². The van der Waals surface area contributed by atoms with Gasteiger partial charge >= 0.3 is 0 Å². The Hall–Kier alpha value is -3.22. The van der Waals surface area contributed by atoms with Crippen LogP contribution in [0.15, 0.2) is 71.7 Å². The number of benzene rings is 2. The van der Waals surface area contributed by atoms with Crippen LogP contribution < -0.4 is 5.56 Å². The molecule has 3 N–H and O–H groups in total. The number of nitrogens with one attached hydrogen (secondary N) is 1. The first kappa shape index (κ1) is 15.3. The fourth-order valence-electron chi connectivity index (χ4n) is 2.82. The lowest BCUT2D eigenvalue weighted by molar-refractivity contribution is -0.0414. The molecule has 0 aliphatic rings. The van der Waals surface area contributed by atoms with Gasteiger partial charge in [-0.25, -0.2) is 4.98 Å². The van der Waals surface area contributed by atoms with Gasteiger partial charge in [0, 0.05) is 29.1 Å². The molecule has 0 amide bonds. The largest absolute Gasteiger partial charge is 0.364 e. The van der Waals surface area contributed by atoms with E-state index in [0.717, 1.165) is 16.8 Å². The molecule has 6 nitrogen and oxygen atoms in total. The van der Waals surface area contributed by atoms with Gasteiger partial charge in [-0.05, 0) is 36.4 Å². The first-order valence-corrected chi connectivity index (χ1v) is 7.77. The second-order valence-electron chi connectivity index (χ2n) is 5.66. The Labute approximate surface area is 142 Å². The summed E-state index contributed by atoms with van der Waals surface area (Å²) in [6, 6.07) is 17.6. The van der Waals surface area contributed by atoms with Gasteiger partial charge < -0.3 is 15.2 Å². The van der Waals surface area contributed by atoms with Gasteiger partial charge in [0.2, 0.25) is 0 Å². The number of aromatic amines is 1. The number of aliphatic hydroxyl groups is 2. The maximum atomic E-state index is 11.9. The Morgan fingerprint density at radius 1 is 0.960 bits per heavy atom. The predicted molar refractivity (Wildman–Crippen MR) is 94.3 cm³/mol. The minimum Gasteiger partial charge on any atom is -0.364 e. The first-order valence-electron chi connectivity index (χ1n) is 7.77. The number of rotatable bonds is 3. The molecule has 0 fully saturated rings. The lowest BCUT2D eigenvalue weighted by Gasteiger charge is -2.05. The molecule has 0 unspecified atom stereocenters. The third-order valence-electron chi connectivity index (χ3n) is 4.06. The number of H-pyrrole nitrogens is 1. The highest BCUT2D eigenvalue weighted by atomic mass is 16.5. The fraction of sp³-hybridized carbons (Fsp3) is 0.0526. The maximum absolute atomic E-state index is 11.9. The van der Waals surface area contributed by atoms with Crippen LogP contribution in [0.2, 0.25) is 0 Å². The first-order chi connectivity index (χ1) is 12.1. The fourth-order valence-corrected chi connectivity index (χ4v) is 2.82. The summed E-state index contributed by atoms with van der Waals surface area (Å²) >= 11 is 0. The van der Waals surface area contributed by atoms with Crippen molar-refractivity contribution < 1.29 is 10.2 Å². The van der Waals surface area contributed by atoms with Crippen LogP contribution in [0, 0.1) is 0 Å². The van der Waals surface area contributed by atoms with Crippen LogP contribution in [0.4, 0.5) is 0 Å². The van der Waals surface area contributed by atoms with Crippen LogP contribution in [0.25, 0.3) is 28.1 Å². The number of hydrogen-bond donors (Lipinski definition) is 3.